The van der Waals surface area contributed by atoms with Crippen molar-refractivity contribution >= 4 is 5.97 Å². The van der Waals surface area contributed by atoms with E-state index in [2.05, 4.69) is 4.74 Å². The van der Waals surface area contributed by atoms with Gasteiger partial charge in [0.25, 0.3) is 0 Å². The minimum absolute atomic E-state index is 0.237. The fraction of sp³-hybridized carbons (Fsp3) is 0.364. The highest BCUT2D eigenvalue weighted by Gasteiger charge is 2.03. The zero-order valence-electron chi connectivity index (χ0n) is 8.45. The Labute approximate surface area is 83.6 Å². The average molecular weight is 194 g/mol. The van der Waals surface area contributed by atoms with Crippen molar-refractivity contribution in [2.24, 2.45) is 0 Å². The number of ether oxygens (including phenoxy) is 2. The van der Waals surface area contributed by atoms with Gasteiger partial charge in [-0.2, -0.15) is 0 Å². The summed E-state index contributed by atoms with van der Waals surface area (Å²) in [5.41, 5.74) is 0.905. The van der Waals surface area contributed by atoms with Crippen molar-refractivity contribution in [3.05, 3.63) is 29.8 Å². The van der Waals surface area contributed by atoms with E-state index in [9.17, 15) is 4.79 Å². The van der Waals surface area contributed by atoms with Gasteiger partial charge < -0.3 is 9.47 Å². The Morgan fingerprint density at radius 3 is 2.86 bits per heavy atom. The summed E-state index contributed by atoms with van der Waals surface area (Å²) in [4.78, 5) is 11.0. The lowest BCUT2D eigenvalue weighted by molar-refractivity contribution is -0.139. The van der Waals surface area contributed by atoms with Gasteiger partial charge in [-0.15, -0.1) is 0 Å². The molecular formula is C11H14O3. The normalized spacial score (nSPS) is 9.57. The van der Waals surface area contributed by atoms with Gasteiger partial charge in [-0.25, -0.2) is 0 Å². The predicted molar refractivity (Wildman–Crippen MR) is 53.3 cm³/mol. The van der Waals surface area contributed by atoms with Gasteiger partial charge in [0.2, 0.25) is 0 Å². The maximum absolute atomic E-state index is 11.0. The van der Waals surface area contributed by atoms with Crippen molar-refractivity contribution in [2.45, 2.75) is 13.3 Å². The zero-order chi connectivity index (χ0) is 10.4. The van der Waals surface area contributed by atoms with Crippen molar-refractivity contribution in [1.82, 2.24) is 0 Å². The first-order chi connectivity index (χ1) is 6.76. The Morgan fingerprint density at radius 1 is 1.43 bits per heavy atom. The second-order valence-electron chi connectivity index (χ2n) is 2.83. The van der Waals surface area contributed by atoms with E-state index < -0.39 is 0 Å². The maximum atomic E-state index is 11.0. The lowest BCUT2D eigenvalue weighted by atomic mass is 10.1. The first-order valence-electron chi connectivity index (χ1n) is 4.54. The smallest absolute Gasteiger partial charge is 0.309 e. The second kappa shape index (κ2) is 5.27. The topological polar surface area (TPSA) is 35.5 Å². The van der Waals surface area contributed by atoms with Gasteiger partial charge in [0.15, 0.2) is 0 Å². The standard InChI is InChI=1S/C11H14O3/c1-3-14-10-6-4-5-9(7-10)8-11(12)13-2/h4-7H,3,8H2,1-2H3. The SMILES string of the molecule is CCOc1cccc(CC(=O)OC)c1. The van der Waals surface area contributed by atoms with Gasteiger partial charge in [-0.3, -0.25) is 4.79 Å². The third kappa shape index (κ3) is 3.09. The molecule has 0 unspecified atom stereocenters. The molecule has 0 aliphatic carbocycles. The molecule has 14 heavy (non-hydrogen) atoms. The van der Waals surface area contributed by atoms with Crippen molar-refractivity contribution in [3.8, 4) is 5.75 Å². The van der Waals surface area contributed by atoms with Crippen LogP contribution in [0.3, 0.4) is 0 Å². The molecule has 76 valence electrons. The van der Waals surface area contributed by atoms with E-state index in [1.165, 1.54) is 7.11 Å². The molecule has 0 saturated carbocycles. The Morgan fingerprint density at radius 2 is 2.21 bits per heavy atom. The summed E-state index contributed by atoms with van der Waals surface area (Å²) in [6.45, 7) is 2.55. The summed E-state index contributed by atoms with van der Waals surface area (Å²) in [5, 5.41) is 0. The molecule has 0 bridgehead atoms. The second-order valence-corrected chi connectivity index (χ2v) is 2.83. The summed E-state index contributed by atoms with van der Waals surface area (Å²) >= 11 is 0. The first kappa shape index (κ1) is 10.6. The van der Waals surface area contributed by atoms with Gasteiger partial charge in [0.1, 0.15) is 5.75 Å². The van der Waals surface area contributed by atoms with E-state index in [-0.39, 0.29) is 12.4 Å². The summed E-state index contributed by atoms with van der Waals surface area (Å²) in [7, 11) is 1.38. The summed E-state index contributed by atoms with van der Waals surface area (Å²) in [6.07, 6.45) is 0.289. The first-order valence-corrected chi connectivity index (χ1v) is 4.54. The van der Waals surface area contributed by atoms with Crippen molar-refractivity contribution in [2.75, 3.05) is 13.7 Å². The predicted octanol–water partition coefficient (Wildman–Crippen LogP) is 1.80. The van der Waals surface area contributed by atoms with Gasteiger partial charge in [0, 0.05) is 0 Å². The molecule has 0 fully saturated rings. The van der Waals surface area contributed by atoms with E-state index in [4.69, 9.17) is 4.74 Å². The molecule has 0 aromatic heterocycles. The number of hydrogen-bond donors (Lipinski definition) is 0. The van der Waals surface area contributed by atoms with E-state index in [1.807, 2.05) is 31.2 Å². The van der Waals surface area contributed by atoms with Gasteiger partial charge in [-0.1, -0.05) is 12.1 Å². The van der Waals surface area contributed by atoms with Crippen LogP contribution in [0.4, 0.5) is 0 Å². The van der Waals surface area contributed by atoms with Crippen LogP contribution < -0.4 is 4.74 Å². The number of benzene rings is 1. The quantitative estimate of drug-likeness (QED) is 0.685. The van der Waals surface area contributed by atoms with Gasteiger partial charge in [0.05, 0.1) is 20.1 Å². The van der Waals surface area contributed by atoms with E-state index in [0.29, 0.717) is 6.61 Å². The van der Waals surface area contributed by atoms with Crippen LogP contribution in [-0.4, -0.2) is 19.7 Å². The fourth-order valence-corrected chi connectivity index (χ4v) is 1.15. The highest BCUT2D eigenvalue weighted by Crippen LogP contribution is 2.13. The molecule has 0 atom stereocenters. The Hall–Kier alpha value is -1.51. The lowest BCUT2D eigenvalue weighted by Crippen LogP contribution is -2.04. The number of rotatable bonds is 4. The highest BCUT2D eigenvalue weighted by atomic mass is 16.5. The fourth-order valence-electron chi connectivity index (χ4n) is 1.15. The molecule has 0 aliphatic rings. The Kier molecular flexibility index (Phi) is 3.98. The van der Waals surface area contributed by atoms with Crippen molar-refractivity contribution in [1.29, 1.82) is 0 Å². The average Bonchev–Trinajstić information content (AvgIpc) is 2.19. The van der Waals surface area contributed by atoms with E-state index >= 15 is 0 Å². The Balaban J connectivity index is 2.68. The number of methoxy groups -OCH3 is 1. The van der Waals surface area contributed by atoms with Gasteiger partial charge >= 0.3 is 5.97 Å². The third-order valence-corrected chi connectivity index (χ3v) is 1.79. The molecular weight excluding hydrogens is 180 g/mol. The van der Waals surface area contributed by atoms with Crippen molar-refractivity contribution < 1.29 is 14.3 Å². The molecule has 0 spiro atoms. The summed E-state index contributed by atoms with van der Waals surface area (Å²) < 4.78 is 9.88. The summed E-state index contributed by atoms with van der Waals surface area (Å²) in [6, 6.07) is 7.45. The number of carbonyl (C=O) groups is 1. The largest absolute Gasteiger partial charge is 0.494 e. The zero-order valence-corrected chi connectivity index (χ0v) is 8.45. The van der Waals surface area contributed by atoms with E-state index in [1.54, 1.807) is 0 Å². The highest BCUT2D eigenvalue weighted by molar-refractivity contribution is 5.72. The van der Waals surface area contributed by atoms with Crippen molar-refractivity contribution in [3.63, 3.8) is 0 Å². The molecule has 0 N–H and O–H groups in total. The molecule has 0 heterocycles. The summed E-state index contributed by atoms with van der Waals surface area (Å²) in [5.74, 6) is 0.549. The molecule has 0 amide bonds. The molecule has 1 aromatic carbocycles. The van der Waals surface area contributed by atoms with E-state index in [0.717, 1.165) is 11.3 Å². The van der Waals surface area contributed by atoms with Crippen LogP contribution in [0, 0.1) is 0 Å². The van der Waals surface area contributed by atoms with Crippen LogP contribution in [0.2, 0.25) is 0 Å². The molecule has 0 saturated heterocycles. The lowest BCUT2D eigenvalue weighted by Gasteiger charge is -2.04. The van der Waals surface area contributed by atoms with Crippen LogP contribution in [0.25, 0.3) is 0 Å². The minimum atomic E-state index is -0.237. The third-order valence-electron chi connectivity index (χ3n) is 1.79. The van der Waals surface area contributed by atoms with Crippen LogP contribution in [0.1, 0.15) is 12.5 Å². The molecule has 1 aromatic rings. The maximum Gasteiger partial charge on any atom is 0.309 e. The Bertz CT molecular complexity index is 307. The number of esters is 1. The molecule has 0 radical (unpaired) electrons. The van der Waals surface area contributed by atoms with Crippen LogP contribution in [0.15, 0.2) is 24.3 Å². The van der Waals surface area contributed by atoms with Gasteiger partial charge in [-0.05, 0) is 24.6 Å². The molecule has 1 rings (SSSR count). The molecule has 0 aliphatic heterocycles. The van der Waals surface area contributed by atoms with Crippen LogP contribution >= 0.6 is 0 Å². The van der Waals surface area contributed by atoms with Crippen LogP contribution in [-0.2, 0) is 16.0 Å². The minimum Gasteiger partial charge on any atom is -0.494 e. The molecule has 3 heteroatoms. The number of hydrogen-bond acceptors (Lipinski definition) is 3. The molecule has 3 nitrogen and oxygen atoms in total. The monoisotopic (exact) mass is 194 g/mol. The number of carbonyl (C=O) groups excluding carboxylic acids is 1. The van der Waals surface area contributed by atoms with Crippen LogP contribution in [0.5, 0.6) is 5.75 Å².